The van der Waals surface area contributed by atoms with Crippen molar-refractivity contribution in [3.05, 3.63) is 40.8 Å². The third kappa shape index (κ3) is 2.79. The highest BCUT2D eigenvalue weighted by molar-refractivity contribution is 9.10. The van der Waals surface area contributed by atoms with Crippen LogP contribution in [-0.4, -0.2) is 21.0 Å². The molecule has 0 aliphatic rings. The number of benzene rings is 1. The minimum absolute atomic E-state index is 0.0723. The van der Waals surface area contributed by atoms with E-state index in [1.165, 1.54) is 0 Å². The second kappa shape index (κ2) is 5.35. The van der Waals surface area contributed by atoms with Crippen LogP contribution in [0.25, 0.3) is 11.3 Å². The Labute approximate surface area is 113 Å². The molecule has 0 spiro atoms. The number of rotatable bonds is 4. The average Bonchev–Trinajstić information content (AvgIpc) is 2.78. The van der Waals surface area contributed by atoms with Crippen LogP contribution in [-0.2, 0) is 4.79 Å². The number of carbonyl (C=O) groups is 1. The number of halogens is 1. The lowest BCUT2D eigenvalue weighted by Gasteiger charge is -2.04. The van der Waals surface area contributed by atoms with E-state index in [1.807, 2.05) is 31.2 Å². The molecule has 2 rings (SSSR count). The summed E-state index contributed by atoms with van der Waals surface area (Å²) in [5, 5.41) is 8.76. The van der Waals surface area contributed by atoms with Gasteiger partial charge in [-0.1, -0.05) is 41.1 Å². The van der Waals surface area contributed by atoms with Gasteiger partial charge in [-0.05, 0) is 6.07 Å². The third-order valence-corrected chi connectivity index (χ3v) is 3.40. The maximum atomic E-state index is 10.7. The molecule has 0 amide bonds. The zero-order valence-electron chi connectivity index (χ0n) is 9.85. The number of carboxylic acid groups (broad SMARTS) is 1. The van der Waals surface area contributed by atoms with Gasteiger partial charge in [0.15, 0.2) is 0 Å². The highest BCUT2D eigenvalue weighted by atomic mass is 79.9. The van der Waals surface area contributed by atoms with E-state index in [-0.39, 0.29) is 12.3 Å². The molecule has 1 unspecified atom stereocenters. The molecule has 1 aromatic carbocycles. The van der Waals surface area contributed by atoms with Gasteiger partial charge in [-0.25, -0.2) is 4.98 Å². The molecule has 2 N–H and O–H groups in total. The molecule has 0 aliphatic carbocycles. The molecule has 0 aliphatic heterocycles. The van der Waals surface area contributed by atoms with Crippen molar-refractivity contribution in [1.82, 2.24) is 9.97 Å². The lowest BCUT2D eigenvalue weighted by Crippen LogP contribution is -2.04. The first kappa shape index (κ1) is 12.8. The Balaban J connectivity index is 2.26. The van der Waals surface area contributed by atoms with Gasteiger partial charge in [0.2, 0.25) is 0 Å². The minimum Gasteiger partial charge on any atom is -0.481 e. The molecule has 2 aromatic rings. The first-order valence-corrected chi connectivity index (χ1v) is 6.39. The average molecular weight is 309 g/mol. The van der Waals surface area contributed by atoms with Gasteiger partial charge in [0.25, 0.3) is 0 Å². The molecule has 1 atom stereocenters. The van der Waals surface area contributed by atoms with Crippen LogP contribution in [0.4, 0.5) is 0 Å². The number of nitrogens with one attached hydrogen (secondary N) is 1. The Morgan fingerprint density at radius 1 is 1.50 bits per heavy atom. The number of aromatic nitrogens is 2. The van der Waals surface area contributed by atoms with E-state index in [1.54, 1.807) is 6.20 Å². The van der Waals surface area contributed by atoms with Crippen LogP contribution in [0.1, 0.15) is 25.1 Å². The van der Waals surface area contributed by atoms with Gasteiger partial charge in [0.1, 0.15) is 5.82 Å². The van der Waals surface area contributed by atoms with E-state index < -0.39 is 5.97 Å². The number of carboxylic acids is 1. The summed E-state index contributed by atoms with van der Waals surface area (Å²) in [7, 11) is 0. The molecular weight excluding hydrogens is 296 g/mol. The van der Waals surface area contributed by atoms with E-state index in [9.17, 15) is 4.79 Å². The van der Waals surface area contributed by atoms with Crippen LogP contribution in [0.2, 0.25) is 0 Å². The molecule has 1 heterocycles. The van der Waals surface area contributed by atoms with Gasteiger partial charge in [0.05, 0.1) is 18.3 Å². The van der Waals surface area contributed by atoms with Crippen molar-refractivity contribution in [2.75, 3.05) is 0 Å². The zero-order chi connectivity index (χ0) is 13.1. The van der Waals surface area contributed by atoms with Crippen molar-refractivity contribution in [2.24, 2.45) is 0 Å². The van der Waals surface area contributed by atoms with E-state index >= 15 is 0 Å². The summed E-state index contributed by atoms with van der Waals surface area (Å²) >= 11 is 3.48. The fraction of sp³-hybridized carbons (Fsp3) is 0.231. The van der Waals surface area contributed by atoms with Gasteiger partial charge in [-0.3, -0.25) is 4.79 Å². The highest BCUT2D eigenvalue weighted by Gasteiger charge is 2.14. The van der Waals surface area contributed by atoms with Gasteiger partial charge in [-0.15, -0.1) is 0 Å². The molecule has 0 bridgehead atoms. The summed E-state index contributed by atoms with van der Waals surface area (Å²) in [4.78, 5) is 18.1. The Kier molecular flexibility index (Phi) is 3.81. The van der Waals surface area contributed by atoms with E-state index in [0.29, 0.717) is 5.82 Å². The number of hydrogen-bond acceptors (Lipinski definition) is 2. The highest BCUT2D eigenvalue weighted by Crippen LogP contribution is 2.27. The first-order chi connectivity index (χ1) is 8.58. The van der Waals surface area contributed by atoms with E-state index in [2.05, 4.69) is 25.9 Å². The van der Waals surface area contributed by atoms with Crippen molar-refractivity contribution in [3.63, 3.8) is 0 Å². The standard InChI is InChI=1S/C13H13BrN2O2/c1-8(6-12(17)18)13-15-7-11(16-13)9-4-2-3-5-10(9)14/h2-5,7-8H,6H2,1H3,(H,15,16)(H,17,18). The molecule has 1 aromatic heterocycles. The number of hydrogen-bond donors (Lipinski definition) is 2. The molecular formula is C13H13BrN2O2. The fourth-order valence-corrected chi connectivity index (χ4v) is 2.26. The maximum Gasteiger partial charge on any atom is 0.304 e. The third-order valence-electron chi connectivity index (χ3n) is 2.71. The molecule has 18 heavy (non-hydrogen) atoms. The molecule has 0 saturated heterocycles. The van der Waals surface area contributed by atoms with Crippen molar-refractivity contribution >= 4 is 21.9 Å². The second-order valence-electron chi connectivity index (χ2n) is 4.16. The lowest BCUT2D eigenvalue weighted by molar-refractivity contribution is -0.137. The molecule has 94 valence electrons. The summed E-state index contributed by atoms with van der Waals surface area (Å²) in [6.45, 7) is 1.84. The maximum absolute atomic E-state index is 10.7. The van der Waals surface area contributed by atoms with Crippen molar-refractivity contribution < 1.29 is 9.90 Å². The van der Waals surface area contributed by atoms with Crippen LogP contribution in [0, 0.1) is 0 Å². The topological polar surface area (TPSA) is 66.0 Å². The summed E-state index contributed by atoms with van der Waals surface area (Å²) in [6, 6.07) is 7.82. The van der Waals surface area contributed by atoms with Crippen LogP contribution in [0.15, 0.2) is 34.9 Å². The molecule has 0 radical (unpaired) electrons. The quantitative estimate of drug-likeness (QED) is 0.909. The predicted molar refractivity (Wildman–Crippen MR) is 72.4 cm³/mol. The number of nitrogens with zero attached hydrogens (tertiary/aromatic N) is 1. The predicted octanol–water partition coefficient (Wildman–Crippen LogP) is 3.42. The van der Waals surface area contributed by atoms with E-state index in [0.717, 1.165) is 15.7 Å². The second-order valence-corrected chi connectivity index (χ2v) is 5.02. The number of imidazole rings is 1. The zero-order valence-corrected chi connectivity index (χ0v) is 11.4. The smallest absolute Gasteiger partial charge is 0.304 e. The van der Waals surface area contributed by atoms with Crippen LogP contribution >= 0.6 is 15.9 Å². The van der Waals surface area contributed by atoms with Gasteiger partial charge >= 0.3 is 5.97 Å². The molecule has 4 nitrogen and oxygen atoms in total. The Bertz CT molecular complexity index is 566. The number of aliphatic carboxylic acids is 1. The summed E-state index contributed by atoms with van der Waals surface area (Å²) in [5.74, 6) is -0.247. The van der Waals surface area contributed by atoms with Gasteiger partial charge < -0.3 is 10.1 Å². The summed E-state index contributed by atoms with van der Waals surface area (Å²) in [5.41, 5.74) is 1.90. The largest absolute Gasteiger partial charge is 0.481 e. The monoisotopic (exact) mass is 308 g/mol. The Morgan fingerprint density at radius 2 is 2.22 bits per heavy atom. The first-order valence-electron chi connectivity index (χ1n) is 5.59. The van der Waals surface area contributed by atoms with Crippen molar-refractivity contribution in [3.8, 4) is 11.3 Å². The minimum atomic E-state index is -0.818. The normalized spacial score (nSPS) is 12.3. The van der Waals surface area contributed by atoms with Crippen LogP contribution < -0.4 is 0 Å². The number of H-pyrrole nitrogens is 1. The summed E-state index contributed by atoms with van der Waals surface area (Å²) < 4.78 is 0.978. The van der Waals surface area contributed by atoms with Crippen molar-refractivity contribution in [2.45, 2.75) is 19.3 Å². The number of aromatic amines is 1. The Morgan fingerprint density at radius 3 is 2.89 bits per heavy atom. The van der Waals surface area contributed by atoms with Crippen LogP contribution in [0.3, 0.4) is 0 Å². The van der Waals surface area contributed by atoms with Crippen molar-refractivity contribution in [1.29, 1.82) is 0 Å². The molecule has 0 fully saturated rings. The molecule has 5 heteroatoms. The lowest BCUT2D eigenvalue weighted by atomic mass is 10.1. The Hall–Kier alpha value is -1.62. The van der Waals surface area contributed by atoms with Gasteiger partial charge in [-0.2, -0.15) is 0 Å². The van der Waals surface area contributed by atoms with Gasteiger partial charge in [0, 0.05) is 16.0 Å². The van der Waals surface area contributed by atoms with Crippen LogP contribution in [0.5, 0.6) is 0 Å². The summed E-state index contributed by atoms with van der Waals surface area (Å²) in [6.07, 6.45) is 1.80. The fourth-order valence-electron chi connectivity index (χ4n) is 1.76. The van der Waals surface area contributed by atoms with E-state index in [4.69, 9.17) is 5.11 Å². The SMILES string of the molecule is CC(CC(=O)O)c1ncc(-c2ccccc2Br)[nH]1. The molecule has 0 saturated carbocycles.